The third-order valence-electron chi connectivity index (χ3n) is 3.02. The van der Waals surface area contributed by atoms with Crippen LogP contribution in [0.3, 0.4) is 0 Å². The molecule has 0 radical (unpaired) electrons. The van der Waals surface area contributed by atoms with Gasteiger partial charge in [0.15, 0.2) is 11.5 Å². The Hall–Kier alpha value is -2.40. The minimum atomic E-state index is -0.0370. The van der Waals surface area contributed by atoms with Crippen LogP contribution < -0.4 is 0 Å². The van der Waals surface area contributed by atoms with Crippen molar-refractivity contribution in [1.82, 2.24) is 9.97 Å². The van der Waals surface area contributed by atoms with E-state index in [0.29, 0.717) is 16.5 Å². The van der Waals surface area contributed by atoms with Crippen molar-refractivity contribution < 1.29 is 5.11 Å². The second-order valence-corrected chi connectivity index (χ2v) is 4.71. The summed E-state index contributed by atoms with van der Waals surface area (Å²) in [4.78, 5) is 6.92. The Labute approximate surface area is 120 Å². The van der Waals surface area contributed by atoms with E-state index >= 15 is 0 Å². The van der Waals surface area contributed by atoms with Gasteiger partial charge in [-0.15, -0.1) is 10.2 Å². The number of aromatic amines is 1. The summed E-state index contributed by atoms with van der Waals surface area (Å²) in [5.41, 5.74) is 1.99. The van der Waals surface area contributed by atoms with Gasteiger partial charge in [-0.05, 0) is 36.8 Å². The highest BCUT2D eigenvalue weighted by Gasteiger charge is 2.13. The molecule has 2 N–H and O–H groups in total. The van der Waals surface area contributed by atoms with Gasteiger partial charge in [-0.1, -0.05) is 17.7 Å². The molecule has 6 heteroatoms. The lowest BCUT2D eigenvalue weighted by Gasteiger charge is -1.98. The number of aryl methyl sites for hydroxylation is 1. The molecule has 1 aromatic carbocycles. The number of nitrogens with one attached hydrogen (secondary N) is 1. The molecular weight excluding hydrogens is 276 g/mol. The van der Waals surface area contributed by atoms with E-state index in [1.807, 2.05) is 13.0 Å². The molecule has 0 bridgehead atoms. The van der Waals surface area contributed by atoms with Crippen molar-refractivity contribution in [3.63, 3.8) is 0 Å². The summed E-state index contributed by atoms with van der Waals surface area (Å²) in [7, 11) is 0. The van der Waals surface area contributed by atoms with Gasteiger partial charge in [-0.3, -0.25) is 0 Å². The number of pyridine rings is 1. The minimum absolute atomic E-state index is 0.0370. The van der Waals surface area contributed by atoms with Gasteiger partial charge in [0.2, 0.25) is 5.88 Å². The van der Waals surface area contributed by atoms with Crippen molar-refractivity contribution in [1.29, 1.82) is 0 Å². The topological polar surface area (TPSA) is 73.6 Å². The normalized spacial score (nSPS) is 11.5. The highest BCUT2D eigenvalue weighted by atomic mass is 35.5. The van der Waals surface area contributed by atoms with Gasteiger partial charge in [0.1, 0.15) is 0 Å². The van der Waals surface area contributed by atoms with Crippen LogP contribution in [0.2, 0.25) is 5.02 Å². The summed E-state index contributed by atoms with van der Waals surface area (Å²) < 4.78 is 0. The molecule has 0 spiro atoms. The fraction of sp³-hybridized carbons (Fsp3) is 0.0714. The van der Waals surface area contributed by atoms with Crippen LogP contribution in [-0.4, -0.2) is 15.1 Å². The zero-order chi connectivity index (χ0) is 14.1. The number of rotatable bonds is 2. The van der Waals surface area contributed by atoms with E-state index in [-0.39, 0.29) is 5.88 Å². The predicted octanol–water partition coefficient (Wildman–Crippen LogP) is 4.65. The number of fused-ring (bicyclic) bond motifs is 1. The summed E-state index contributed by atoms with van der Waals surface area (Å²) in [5, 5.41) is 19.4. The number of halogens is 1. The quantitative estimate of drug-likeness (QED) is 0.673. The molecule has 100 valence electrons. The first-order chi connectivity index (χ1) is 9.66. The van der Waals surface area contributed by atoms with Gasteiger partial charge in [0, 0.05) is 16.6 Å². The van der Waals surface area contributed by atoms with Gasteiger partial charge in [-0.25, -0.2) is 4.98 Å². The van der Waals surface area contributed by atoms with Crippen LogP contribution >= 0.6 is 11.6 Å². The molecular formula is C14H11ClN4O. The smallest absolute Gasteiger partial charge is 0.218 e. The van der Waals surface area contributed by atoms with Crippen molar-refractivity contribution in [2.75, 3.05) is 0 Å². The lowest BCUT2D eigenvalue weighted by atomic mass is 10.1. The van der Waals surface area contributed by atoms with E-state index in [2.05, 4.69) is 20.2 Å². The molecule has 0 unspecified atom stereocenters. The number of nitrogens with zero attached hydrogens (tertiary/aromatic N) is 3. The van der Waals surface area contributed by atoms with Crippen LogP contribution in [0.25, 0.3) is 10.9 Å². The molecule has 0 amide bonds. The van der Waals surface area contributed by atoms with Crippen molar-refractivity contribution in [2.24, 2.45) is 10.2 Å². The van der Waals surface area contributed by atoms with Gasteiger partial charge in [0.25, 0.3) is 0 Å². The highest BCUT2D eigenvalue weighted by molar-refractivity contribution is 6.32. The second kappa shape index (κ2) is 4.94. The van der Waals surface area contributed by atoms with E-state index in [1.165, 1.54) is 0 Å². The van der Waals surface area contributed by atoms with Gasteiger partial charge in [0.05, 0.1) is 5.52 Å². The third-order valence-corrected chi connectivity index (χ3v) is 3.43. The molecule has 0 aliphatic rings. The summed E-state index contributed by atoms with van der Waals surface area (Å²) in [6, 6.07) is 8.92. The highest BCUT2D eigenvalue weighted by Crippen LogP contribution is 2.39. The Morgan fingerprint density at radius 3 is 2.80 bits per heavy atom. The zero-order valence-corrected chi connectivity index (χ0v) is 11.4. The summed E-state index contributed by atoms with van der Waals surface area (Å²) in [6.07, 6.45) is 1.63. The van der Waals surface area contributed by atoms with Gasteiger partial charge < -0.3 is 10.1 Å². The molecule has 0 aliphatic carbocycles. The largest absolute Gasteiger partial charge is 0.493 e. The maximum absolute atomic E-state index is 9.95. The Morgan fingerprint density at radius 2 is 2.05 bits per heavy atom. The molecule has 3 rings (SSSR count). The van der Waals surface area contributed by atoms with Crippen LogP contribution in [0, 0.1) is 6.92 Å². The first-order valence-corrected chi connectivity index (χ1v) is 6.37. The Balaban J connectivity index is 2.11. The first kappa shape index (κ1) is 12.6. The lowest BCUT2D eigenvalue weighted by molar-refractivity contribution is 0.459. The molecule has 0 saturated carbocycles. The maximum Gasteiger partial charge on any atom is 0.218 e. The molecule has 2 heterocycles. The van der Waals surface area contributed by atoms with Crippen LogP contribution in [0.5, 0.6) is 5.88 Å². The third kappa shape index (κ3) is 2.12. The first-order valence-electron chi connectivity index (χ1n) is 5.99. The predicted molar refractivity (Wildman–Crippen MR) is 78.1 cm³/mol. The molecule has 5 nitrogen and oxygen atoms in total. The van der Waals surface area contributed by atoms with Crippen LogP contribution in [-0.2, 0) is 0 Å². The zero-order valence-electron chi connectivity index (χ0n) is 10.6. The average molecular weight is 287 g/mol. The van der Waals surface area contributed by atoms with Gasteiger partial charge >= 0.3 is 0 Å². The molecule has 0 saturated heterocycles. The van der Waals surface area contributed by atoms with Crippen LogP contribution in [0.4, 0.5) is 11.5 Å². The number of aromatic hydroxyl groups is 1. The minimum Gasteiger partial charge on any atom is -0.493 e. The summed E-state index contributed by atoms with van der Waals surface area (Å²) in [6.45, 7) is 1.88. The van der Waals surface area contributed by atoms with Gasteiger partial charge in [-0.2, -0.15) is 0 Å². The van der Waals surface area contributed by atoms with Crippen molar-refractivity contribution >= 4 is 34.0 Å². The number of hydrogen-bond donors (Lipinski definition) is 2. The molecule has 3 aromatic rings. The van der Waals surface area contributed by atoms with Crippen LogP contribution in [0.1, 0.15) is 5.56 Å². The van der Waals surface area contributed by atoms with E-state index in [4.69, 9.17) is 11.6 Å². The number of azo groups is 1. The van der Waals surface area contributed by atoms with E-state index in [9.17, 15) is 5.11 Å². The SMILES string of the molecule is Cc1c(Cl)ccc2c(N=Nc3ccccn3)c(O)[nH]c12. The standard InChI is InChI=1S/C14H11ClN4O/c1-8-10(15)6-5-9-12(8)17-14(20)13(9)19-18-11-4-2-3-7-16-11/h2-7,17,20H,1H3. The Bertz CT molecular complexity index is 796. The Morgan fingerprint density at radius 1 is 1.20 bits per heavy atom. The van der Waals surface area contributed by atoms with E-state index in [1.54, 1.807) is 30.5 Å². The molecule has 0 atom stereocenters. The number of aromatic nitrogens is 2. The van der Waals surface area contributed by atoms with E-state index in [0.717, 1.165) is 16.5 Å². The maximum atomic E-state index is 9.95. The van der Waals surface area contributed by atoms with Crippen molar-refractivity contribution in [2.45, 2.75) is 6.92 Å². The van der Waals surface area contributed by atoms with Crippen LogP contribution in [0.15, 0.2) is 46.8 Å². The molecule has 20 heavy (non-hydrogen) atoms. The lowest BCUT2D eigenvalue weighted by Crippen LogP contribution is -1.77. The molecule has 2 aromatic heterocycles. The van der Waals surface area contributed by atoms with E-state index < -0.39 is 0 Å². The number of benzene rings is 1. The monoisotopic (exact) mass is 286 g/mol. The second-order valence-electron chi connectivity index (χ2n) is 4.31. The molecule has 0 aliphatic heterocycles. The summed E-state index contributed by atoms with van der Waals surface area (Å²) in [5.74, 6) is 0.442. The van der Waals surface area contributed by atoms with Crippen molar-refractivity contribution in [3.05, 3.63) is 47.1 Å². The fourth-order valence-electron chi connectivity index (χ4n) is 1.97. The number of H-pyrrole nitrogens is 1. The average Bonchev–Trinajstić information content (AvgIpc) is 2.79. The van der Waals surface area contributed by atoms with Crippen molar-refractivity contribution in [3.8, 4) is 5.88 Å². The summed E-state index contributed by atoms with van der Waals surface area (Å²) >= 11 is 6.06. The fourth-order valence-corrected chi connectivity index (χ4v) is 2.12. The number of hydrogen-bond acceptors (Lipinski definition) is 4. The Kier molecular flexibility index (Phi) is 3.12. The molecule has 0 fully saturated rings.